The number of anilines is 1. The second-order valence-electron chi connectivity index (χ2n) is 6.62. The van der Waals surface area contributed by atoms with Gasteiger partial charge in [0.15, 0.2) is 0 Å². The van der Waals surface area contributed by atoms with Crippen LogP contribution in [0, 0.1) is 19.7 Å². The van der Waals surface area contributed by atoms with E-state index in [9.17, 15) is 14.0 Å². The van der Waals surface area contributed by atoms with Gasteiger partial charge in [0.2, 0.25) is 11.8 Å². The maximum atomic E-state index is 14.2. The first-order valence-corrected chi connectivity index (χ1v) is 8.96. The summed E-state index contributed by atoms with van der Waals surface area (Å²) in [5.74, 6) is -1.47. The number of aryl methyl sites for hydroxylation is 2. The molecule has 5 nitrogen and oxygen atoms in total. The molecule has 0 aliphatic carbocycles. The summed E-state index contributed by atoms with van der Waals surface area (Å²) in [7, 11) is 0. The molecule has 3 aromatic rings. The number of aromatic nitrogens is 1. The predicted molar refractivity (Wildman–Crippen MR) is 112 cm³/mol. The fourth-order valence-electron chi connectivity index (χ4n) is 2.93. The number of primary amides is 1. The highest BCUT2D eigenvalue weighted by molar-refractivity contribution is 6.09. The van der Waals surface area contributed by atoms with Gasteiger partial charge in [-0.2, -0.15) is 0 Å². The number of nitrogens with one attached hydrogen (secondary N) is 1. The van der Waals surface area contributed by atoms with Crippen molar-refractivity contribution in [1.29, 1.82) is 0 Å². The third-order valence-electron chi connectivity index (χ3n) is 4.50. The molecule has 3 N–H and O–H groups in total. The average Bonchev–Trinajstić information content (AvgIpc) is 2.70. The molecule has 0 spiro atoms. The first-order chi connectivity index (χ1) is 13.9. The molecule has 146 valence electrons. The molecule has 0 aliphatic rings. The smallest absolute Gasteiger partial charge is 0.249 e. The number of carbonyl (C=O) groups excluding carboxylic acids is 2. The van der Waals surface area contributed by atoms with E-state index in [-0.39, 0.29) is 5.56 Å². The molecular weight excluding hydrogens is 369 g/mol. The van der Waals surface area contributed by atoms with E-state index in [4.69, 9.17) is 5.73 Å². The predicted octanol–water partition coefficient (Wildman–Crippen LogP) is 4.26. The van der Waals surface area contributed by atoms with Crippen LogP contribution in [-0.2, 0) is 4.79 Å². The summed E-state index contributed by atoms with van der Waals surface area (Å²) in [5.41, 5.74) is 8.95. The van der Waals surface area contributed by atoms with E-state index < -0.39 is 17.6 Å². The first kappa shape index (κ1) is 19.9. The summed E-state index contributed by atoms with van der Waals surface area (Å²) in [5, 5.41) is 2.80. The fourth-order valence-corrected chi connectivity index (χ4v) is 2.93. The van der Waals surface area contributed by atoms with Crippen LogP contribution in [0.15, 0.2) is 60.9 Å². The highest BCUT2D eigenvalue weighted by Gasteiger charge is 2.19. The minimum Gasteiger partial charge on any atom is -0.366 e. The van der Waals surface area contributed by atoms with Crippen molar-refractivity contribution in [2.24, 2.45) is 5.73 Å². The highest BCUT2D eigenvalue weighted by Crippen LogP contribution is 2.35. The Morgan fingerprint density at radius 2 is 1.86 bits per heavy atom. The standard InChI is InChI=1S/C23H20FN3O2/c1-14-5-8-17(12-19(14)24)21-18(23(25)29)9-6-15(2)22(21)27-20(28)10-7-16-4-3-11-26-13-16/h3-13H,1-2H3,(H2,25,29)(H,27,28). The molecule has 0 saturated carbocycles. The Labute approximate surface area is 168 Å². The van der Waals surface area contributed by atoms with Crippen LogP contribution in [0.5, 0.6) is 0 Å². The molecule has 6 heteroatoms. The Hall–Kier alpha value is -3.80. The van der Waals surface area contributed by atoms with Gasteiger partial charge in [0.05, 0.1) is 5.69 Å². The maximum absolute atomic E-state index is 14.2. The van der Waals surface area contributed by atoms with E-state index in [1.165, 1.54) is 12.1 Å². The van der Waals surface area contributed by atoms with Crippen LogP contribution in [0.2, 0.25) is 0 Å². The molecule has 1 aromatic heterocycles. The number of rotatable bonds is 5. The van der Waals surface area contributed by atoms with Gasteiger partial charge in [-0.25, -0.2) is 4.39 Å². The van der Waals surface area contributed by atoms with Crippen LogP contribution in [0.25, 0.3) is 17.2 Å². The van der Waals surface area contributed by atoms with Gasteiger partial charge in [-0.1, -0.05) is 24.3 Å². The number of benzene rings is 2. The third kappa shape index (κ3) is 4.55. The molecular formula is C23H20FN3O2. The van der Waals surface area contributed by atoms with Crippen LogP contribution in [0.1, 0.15) is 27.0 Å². The van der Waals surface area contributed by atoms with Crippen LogP contribution in [0.4, 0.5) is 10.1 Å². The van der Waals surface area contributed by atoms with Crippen molar-refractivity contribution in [3.8, 4) is 11.1 Å². The Morgan fingerprint density at radius 1 is 1.10 bits per heavy atom. The van der Waals surface area contributed by atoms with E-state index in [2.05, 4.69) is 10.3 Å². The molecule has 2 aromatic carbocycles. The Kier molecular flexibility index (Phi) is 5.83. The van der Waals surface area contributed by atoms with E-state index in [0.29, 0.717) is 27.9 Å². The van der Waals surface area contributed by atoms with Gasteiger partial charge in [0.1, 0.15) is 5.82 Å². The van der Waals surface area contributed by atoms with Crippen LogP contribution < -0.4 is 11.1 Å². The normalized spacial score (nSPS) is 10.9. The largest absolute Gasteiger partial charge is 0.366 e. The number of amides is 2. The molecule has 0 fully saturated rings. The van der Waals surface area contributed by atoms with Gasteiger partial charge in [0, 0.05) is 29.6 Å². The summed E-state index contributed by atoms with van der Waals surface area (Å²) in [4.78, 5) is 28.5. The monoisotopic (exact) mass is 389 g/mol. The van der Waals surface area contributed by atoms with Crippen molar-refractivity contribution in [2.45, 2.75) is 13.8 Å². The molecule has 0 radical (unpaired) electrons. The molecule has 2 amide bonds. The number of nitrogens with two attached hydrogens (primary N) is 1. The Balaban J connectivity index is 2.04. The molecule has 0 saturated heterocycles. The number of hydrogen-bond donors (Lipinski definition) is 2. The van der Waals surface area contributed by atoms with Gasteiger partial charge >= 0.3 is 0 Å². The molecule has 1 heterocycles. The minimum absolute atomic E-state index is 0.199. The lowest BCUT2D eigenvalue weighted by Crippen LogP contribution is -2.16. The number of pyridine rings is 1. The number of hydrogen-bond acceptors (Lipinski definition) is 3. The molecule has 0 aliphatic heterocycles. The lowest BCUT2D eigenvalue weighted by Gasteiger charge is -2.17. The number of halogens is 1. The third-order valence-corrected chi connectivity index (χ3v) is 4.50. The van der Waals surface area contributed by atoms with E-state index in [0.717, 1.165) is 5.56 Å². The fraction of sp³-hybridized carbons (Fsp3) is 0.0870. The van der Waals surface area contributed by atoms with Crippen molar-refractivity contribution in [3.63, 3.8) is 0 Å². The molecule has 3 rings (SSSR count). The van der Waals surface area contributed by atoms with Crippen molar-refractivity contribution < 1.29 is 14.0 Å². The van der Waals surface area contributed by atoms with Gasteiger partial charge < -0.3 is 11.1 Å². The van der Waals surface area contributed by atoms with E-state index >= 15 is 0 Å². The Morgan fingerprint density at radius 3 is 2.52 bits per heavy atom. The maximum Gasteiger partial charge on any atom is 0.249 e. The lowest BCUT2D eigenvalue weighted by molar-refractivity contribution is -0.111. The van der Waals surface area contributed by atoms with Crippen LogP contribution in [-0.4, -0.2) is 16.8 Å². The SMILES string of the molecule is Cc1ccc(-c2c(C(N)=O)ccc(C)c2NC(=O)C=Cc2cccnc2)cc1F. The summed E-state index contributed by atoms with van der Waals surface area (Å²) >= 11 is 0. The topological polar surface area (TPSA) is 85.1 Å². The van der Waals surface area contributed by atoms with E-state index in [1.54, 1.807) is 62.6 Å². The van der Waals surface area contributed by atoms with Crippen molar-refractivity contribution in [1.82, 2.24) is 4.98 Å². The summed E-state index contributed by atoms with van der Waals surface area (Å²) in [6, 6.07) is 11.5. The molecule has 29 heavy (non-hydrogen) atoms. The Bertz CT molecular complexity index is 1110. The van der Waals surface area contributed by atoms with Crippen LogP contribution >= 0.6 is 0 Å². The molecule has 0 atom stereocenters. The summed E-state index contributed by atoms with van der Waals surface area (Å²) in [6.45, 7) is 3.44. The zero-order valence-electron chi connectivity index (χ0n) is 16.1. The van der Waals surface area contributed by atoms with Gasteiger partial charge in [-0.15, -0.1) is 0 Å². The molecule has 0 unspecified atom stereocenters. The van der Waals surface area contributed by atoms with Crippen LogP contribution in [0.3, 0.4) is 0 Å². The lowest BCUT2D eigenvalue weighted by atomic mass is 9.93. The highest BCUT2D eigenvalue weighted by atomic mass is 19.1. The number of carbonyl (C=O) groups is 2. The van der Waals surface area contributed by atoms with Gasteiger partial charge in [-0.05, 0) is 60.4 Å². The zero-order valence-corrected chi connectivity index (χ0v) is 16.1. The summed E-state index contributed by atoms with van der Waals surface area (Å²) in [6.07, 6.45) is 6.26. The first-order valence-electron chi connectivity index (χ1n) is 8.96. The van der Waals surface area contributed by atoms with Crippen molar-refractivity contribution in [3.05, 3.63) is 89.0 Å². The molecule has 0 bridgehead atoms. The van der Waals surface area contributed by atoms with Crippen molar-refractivity contribution >= 4 is 23.6 Å². The van der Waals surface area contributed by atoms with Gasteiger partial charge in [0.25, 0.3) is 0 Å². The minimum atomic E-state index is -0.664. The van der Waals surface area contributed by atoms with Gasteiger partial charge in [-0.3, -0.25) is 14.6 Å². The average molecular weight is 389 g/mol. The quantitative estimate of drug-likeness (QED) is 0.640. The van der Waals surface area contributed by atoms with Crippen molar-refractivity contribution in [2.75, 3.05) is 5.32 Å². The summed E-state index contributed by atoms with van der Waals surface area (Å²) < 4.78 is 14.2. The zero-order chi connectivity index (χ0) is 21.0. The second kappa shape index (κ2) is 8.48. The van der Waals surface area contributed by atoms with E-state index in [1.807, 2.05) is 6.07 Å². The number of nitrogens with zero attached hydrogens (tertiary/aromatic N) is 1. The second-order valence-corrected chi connectivity index (χ2v) is 6.62.